The third kappa shape index (κ3) is 4.63. The molecule has 0 amide bonds. The molecular weight excluding hydrogens is 419 g/mol. The van der Waals surface area contributed by atoms with E-state index < -0.39 is 28.4 Å². The lowest BCUT2D eigenvalue weighted by Gasteiger charge is -2.18. The summed E-state index contributed by atoms with van der Waals surface area (Å²) in [5.41, 5.74) is -1.07. The SMILES string of the molecule is CC(C#N)Oc1cn(Cc2ccccc2)c(-c2cccc(C(F)(F)F)c2Cl)nc1=O. The van der Waals surface area contributed by atoms with Gasteiger partial charge in [-0.3, -0.25) is 4.79 Å². The Hall–Kier alpha value is -3.31. The molecule has 0 saturated heterocycles. The van der Waals surface area contributed by atoms with Gasteiger partial charge in [0.1, 0.15) is 11.9 Å². The van der Waals surface area contributed by atoms with Crippen LogP contribution in [0.15, 0.2) is 59.5 Å². The molecule has 2 aromatic carbocycles. The quantitative estimate of drug-likeness (QED) is 0.572. The van der Waals surface area contributed by atoms with Gasteiger partial charge in [0.05, 0.1) is 16.8 Å². The van der Waals surface area contributed by atoms with Crippen molar-refractivity contribution in [1.82, 2.24) is 9.55 Å². The third-order valence-electron chi connectivity index (χ3n) is 4.19. The summed E-state index contributed by atoms with van der Waals surface area (Å²) in [5.74, 6) is -0.233. The van der Waals surface area contributed by atoms with Crippen molar-refractivity contribution in [2.24, 2.45) is 0 Å². The fourth-order valence-corrected chi connectivity index (χ4v) is 3.13. The predicted octanol–water partition coefficient (Wildman–Crippen LogP) is 4.92. The molecule has 1 heterocycles. The fourth-order valence-electron chi connectivity index (χ4n) is 2.81. The smallest absolute Gasteiger partial charge is 0.417 e. The van der Waals surface area contributed by atoms with Crippen LogP contribution in [-0.2, 0) is 12.7 Å². The zero-order valence-electron chi connectivity index (χ0n) is 15.7. The molecule has 5 nitrogen and oxygen atoms in total. The first-order valence-electron chi connectivity index (χ1n) is 8.78. The molecule has 30 heavy (non-hydrogen) atoms. The van der Waals surface area contributed by atoms with Crippen LogP contribution in [0.2, 0.25) is 5.02 Å². The molecule has 0 spiro atoms. The van der Waals surface area contributed by atoms with Gasteiger partial charge in [0, 0.05) is 12.1 Å². The van der Waals surface area contributed by atoms with Gasteiger partial charge in [-0.05, 0) is 24.6 Å². The predicted molar refractivity (Wildman–Crippen MR) is 105 cm³/mol. The van der Waals surface area contributed by atoms with Gasteiger partial charge in [-0.25, -0.2) is 0 Å². The molecule has 1 atom stereocenters. The van der Waals surface area contributed by atoms with Gasteiger partial charge >= 0.3 is 11.7 Å². The maximum absolute atomic E-state index is 13.3. The molecule has 1 aromatic heterocycles. The Bertz CT molecular complexity index is 1150. The Morgan fingerprint density at radius 3 is 2.53 bits per heavy atom. The first-order valence-corrected chi connectivity index (χ1v) is 9.16. The average Bonchev–Trinajstić information content (AvgIpc) is 2.70. The first-order chi connectivity index (χ1) is 14.2. The van der Waals surface area contributed by atoms with Crippen molar-refractivity contribution in [1.29, 1.82) is 5.26 Å². The minimum absolute atomic E-state index is 0.0422. The van der Waals surface area contributed by atoms with Crippen LogP contribution >= 0.6 is 11.6 Å². The van der Waals surface area contributed by atoms with Crippen molar-refractivity contribution >= 4 is 11.6 Å². The van der Waals surface area contributed by atoms with Crippen LogP contribution in [0.25, 0.3) is 11.4 Å². The number of nitriles is 1. The van der Waals surface area contributed by atoms with Crippen molar-refractivity contribution in [3.63, 3.8) is 0 Å². The van der Waals surface area contributed by atoms with E-state index in [0.29, 0.717) is 0 Å². The topological polar surface area (TPSA) is 67.9 Å². The second-order valence-electron chi connectivity index (χ2n) is 6.40. The van der Waals surface area contributed by atoms with E-state index in [0.717, 1.165) is 11.6 Å². The Kier molecular flexibility index (Phi) is 6.13. The second kappa shape index (κ2) is 8.59. The molecule has 0 aliphatic carbocycles. The molecule has 154 valence electrons. The highest BCUT2D eigenvalue weighted by atomic mass is 35.5. The summed E-state index contributed by atoms with van der Waals surface area (Å²) in [5, 5.41) is 8.38. The molecular formula is C21H15ClF3N3O2. The molecule has 0 bridgehead atoms. The number of aromatic nitrogens is 2. The van der Waals surface area contributed by atoms with Crippen LogP contribution in [0.4, 0.5) is 13.2 Å². The highest BCUT2D eigenvalue weighted by Crippen LogP contribution is 2.39. The number of hydrogen-bond donors (Lipinski definition) is 0. The van der Waals surface area contributed by atoms with E-state index in [4.69, 9.17) is 21.6 Å². The zero-order chi connectivity index (χ0) is 21.9. The van der Waals surface area contributed by atoms with E-state index in [-0.39, 0.29) is 23.7 Å². The number of rotatable bonds is 5. The largest absolute Gasteiger partial charge is 0.468 e. The van der Waals surface area contributed by atoms with Crippen molar-refractivity contribution in [2.45, 2.75) is 25.7 Å². The number of ether oxygens (including phenoxy) is 1. The molecule has 3 rings (SSSR count). The van der Waals surface area contributed by atoms with E-state index >= 15 is 0 Å². The molecule has 0 saturated carbocycles. The van der Waals surface area contributed by atoms with Crippen LogP contribution in [0, 0.1) is 11.3 Å². The average molecular weight is 434 g/mol. The van der Waals surface area contributed by atoms with Gasteiger partial charge < -0.3 is 9.30 Å². The van der Waals surface area contributed by atoms with E-state index in [1.807, 2.05) is 24.3 Å². The van der Waals surface area contributed by atoms with Crippen molar-refractivity contribution in [3.05, 3.63) is 81.2 Å². The van der Waals surface area contributed by atoms with Crippen LogP contribution in [0.3, 0.4) is 0 Å². The molecule has 0 aliphatic rings. The van der Waals surface area contributed by atoms with E-state index in [1.165, 1.54) is 29.8 Å². The van der Waals surface area contributed by atoms with E-state index in [1.54, 1.807) is 12.1 Å². The molecule has 9 heteroatoms. The van der Waals surface area contributed by atoms with Crippen molar-refractivity contribution in [3.8, 4) is 23.2 Å². The maximum Gasteiger partial charge on any atom is 0.417 e. The van der Waals surface area contributed by atoms with Gasteiger partial charge in [-0.2, -0.15) is 23.4 Å². The van der Waals surface area contributed by atoms with Crippen LogP contribution in [-0.4, -0.2) is 15.7 Å². The Labute approximate surface area is 174 Å². The number of hydrogen-bond acceptors (Lipinski definition) is 4. The molecule has 0 aliphatic heterocycles. The molecule has 0 fully saturated rings. The lowest BCUT2D eigenvalue weighted by atomic mass is 10.1. The summed E-state index contributed by atoms with van der Waals surface area (Å²) < 4.78 is 46.7. The lowest BCUT2D eigenvalue weighted by molar-refractivity contribution is -0.137. The minimum atomic E-state index is -4.66. The number of benzene rings is 2. The fraction of sp³-hybridized carbons (Fsp3) is 0.190. The summed E-state index contributed by atoms with van der Waals surface area (Å²) >= 11 is 6.05. The number of nitrogens with zero attached hydrogens (tertiary/aromatic N) is 3. The number of halogens is 4. The maximum atomic E-state index is 13.3. The Balaban J connectivity index is 2.20. The highest BCUT2D eigenvalue weighted by Gasteiger charge is 2.34. The van der Waals surface area contributed by atoms with Gasteiger partial charge in [-0.15, -0.1) is 0 Å². The second-order valence-corrected chi connectivity index (χ2v) is 6.78. The Morgan fingerprint density at radius 1 is 1.20 bits per heavy atom. The van der Waals surface area contributed by atoms with Crippen LogP contribution in [0.1, 0.15) is 18.1 Å². The zero-order valence-corrected chi connectivity index (χ0v) is 16.4. The third-order valence-corrected chi connectivity index (χ3v) is 4.60. The van der Waals surface area contributed by atoms with Crippen LogP contribution in [0.5, 0.6) is 5.75 Å². The van der Waals surface area contributed by atoms with Crippen molar-refractivity contribution in [2.75, 3.05) is 0 Å². The summed E-state index contributed by atoms with van der Waals surface area (Å²) in [6.07, 6.45) is -4.25. The van der Waals surface area contributed by atoms with Gasteiger partial charge in [0.2, 0.25) is 5.75 Å². The van der Waals surface area contributed by atoms with Gasteiger partial charge in [-0.1, -0.05) is 48.0 Å². The highest BCUT2D eigenvalue weighted by molar-refractivity contribution is 6.34. The lowest BCUT2D eigenvalue weighted by Crippen LogP contribution is -2.21. The summed E-state index contributed by atoms with van der Waals surface area (Å²) in [6.45, 7) is 1.64. The van der Waals surface area contributed by atoms with E-state index in [2.05, 4.69) is 4.98 Å². The minimum Gasteiger partial charge on any atom is -0.468 e. The van der Waals surface area contributed by atoms with Crippen LogP contribution < -0.4 is 10.3 Å². The monoisotopic (exact) mass is 433 g/mol. The van der Waals surface area contributed by atoms with Gasteiger partial charge in [0.25, 0.3) is 0 Å². The summed E-state index contributed by atoms with van der Waals surface area (Å²) in [7, 11) is 0. The molecule has 3 aromatic rings. The summed E-state index contributed by atoms with van der Waals surface area (Å²) in [6, 6.07) is 14.3. The molecule has 1 unspecified atom stereocenters. The first kappa shape index (κ1) is 21.4. The van der Waals surface area contributed by atoms with Crippen molar-refractivity contribution < 1.29 is 17.9 Å². The Morgan fingerprint density at radius 2 is 1.90 bits per heavy atom. The standard InChI is InChI=1S/C21H15ClF3N3O2/c1-13(10-26)30-17-12-28(11-14-6-3-2-4-7-14)19(27-20(17)29)15-8-5-9-16(18(15)22)21(23,24)25/h2-9,12-13H,11H2,1H3. The van der Waals surface area contributed by atoms with Gasteiger partial charge in [0.15, 0.2) is 6.10 Å². The normalized spacial score (nSPS) is 12.3. The summed E-state index contributed by atoms with van der Waals surface area (Å²) in [4.78, 5) is 16.4. The molecule has 0 radical (unpaired) electrons. The number of alkyl halides is 3. The van der Waals surface area contributed by atoms with E-state index in [9.17, 15) is 18.0 Å². The molecule has 0 N–H and O–H groups in total.